The van der Waals surface area contributed by atoms with Crippen molar-refractivity contribution in [2.45, 2.75) is 12.0 Å². The fraction of sp³-hybridized carbons (Fsp3) is 0.125. The van der Waals surface area contributed by atoms with Gasteiger partial charge in [0.05, 0.1) is 5.56 Å². The number of esters is 1. The molecule has 124 valence electrons. The summed E-state index contributed by atoms with van der Waals surface area (Å²) in [7, 11) is 0. The molecule has 1 heterocycles. The molecule has 2 aromatic rings. The number of halogens is 2. The third-order valence-electron chi connectivity index (χ3n) is 3.77. The van der Waals surface area contributed by atoms with Gasteiger partial charge < -0.3 is 20.1 Å². The average molecular weight is 369 g/mol. The number of aliphatic carboxylic acids is 1. The van der Waals surface area contributed by atoms with Gasteiger partial charge in [0.25, 0.3) is 0 Å². The Morgan fingerprint density at radius 1 is 1.04 bits per heavy atom. The van der Waals surface area contributed by atoms with Crippen molar-refractivity contribution in [2.24, 2.45) is 0 Å². The first-order valence-electron chi connectivity index (χ1n) is 6.74. The summed E-state index contributed by atoms with van der Waals surface area (Å²) in [4.78, 5) is 24.0. The van der Waals surface area contributed by atoms with E-state index >= 15 is 0 Å². The summed E-state index contributed by atoms with van der Waals surface area (Å²) in [5.41, 5.74) is 0.184. The Hall–Kier alpha value is -2.44. The molecular formula is C16H10Cl2O6. The lowest BCUT2D eigenvalue weighted by molar-refractivity contribution is -0.142. The number of phenolic OH excluding ortho intramolecular Hbond substituents is 2. The maximum atomic E-state index is 12.2. The zero-order valence-electron chi connectivity index (χ0n) is 11.9. The first-order chi connectivity index (χ1) is 11.3. The van der Waals surface area contributed by atoms with E-state index in [4.69, 9.17) is 27.9 Å². The van der Waals surface area contributed by atoms with E-state index in [0.717, 1.165) is 12.1 Å². The number of carbonyl (C=O) groups excluding carboxylic acids is 1. The molecule has 0 radical (unpaired) electrons. The van der Waals surface area contributed by atoms with Crippen LogP contribution in [0.5, 0.6) is 11.5 Å². The van der Waals surface area contributed by atoms with E-state index in [2.05, 4.69) is 0 Å². The molecule has 0 aliphatic carbocycles. The Balaban J connectivity index is 2.20. The molecule has 1 aliphatic heterocycles. The van der Waals surface area contributed by atoms with Crippen molar-refractivity contribution in [3.63, 3.8) is 0 Å². The zero-order valence-corrected chi connectivity index (χ0v) is 13.4. The molecule has 6 nitrogen and oxygen atoms in total. The molecule has 2 aromatic carbocycles. The second kappa shape index (κ2) is 5.89. The lowest BCUT2D eigenvalue weighted by Gasteiger charge is -2.31. The SMILES string of the molecule is O=C1O[C@H](c2ccc(Cl)cc2Cl)[C@@H](C(=O)O)c2cc(O)c(O)cc21. The van der Waals surface area contributed by atoms with Crippen molar-refractivity contribution in [3.8, 4) is 11.5 Å². The van der Waals surface area contributed by atoms with Crippen LogP contribution in [-0.4, -0.2) is 27.3 Å². The van der Waals surface area contributed by atoms with Crippen LogP contribution in [0.25, 0.3) is 0 Å². The largest absolute Gasteiger partial charge is 0.504 e. The van der Waals surface area contributed by atoms with E-state index in [1.807, 2.05) is 0 Å². The number of carbonyl (C=O) groups is 2. The van der Waals surface area contributed by atoms with Crippen LogP contribution in [0.2, 0.25) is 10.0 Å². The minimum atomic E-state index is -1.30. The second-order valence-corrected chi connectivity index (χ2v) is 6.08. The molecule has 0 amide bonds. The second-order valence-electron chi connectivity index (χ2n) is 5.24. The van der Waals surface area contributed by atoms with Gasteiger partial charge in [0, 0.05) is 15.6 Å². The van der Waals surface area contributed by atoms with Crippen LogP contribution in [0.15, 0.2) is 30.3 Å². The fourth-order valence-corrected chi connectivity index (χ4v) is 3.19. The monoisotopic (exact) mass is 368 g/mol. The van der Waals surface area contributed by atoms with E-state index in [0.29, 0.717) is 5.02 Å². The highest BCUT2D eigenvalue weighted by atomic mass is 35.5. The van der Waals surface area contributed by atoms with E-state index in [9.17, 15) is 24.9 Å². The van der Waals surface area contributed by atoms with Crippen LogP contribution in [0.1, 0.15) is 33.5 Å². The lowest BCUT2D eigenvalue weighted by Crippen LogP contribution is -2.31. The van der Waals surface area contributed by atoms with Crippen molar-refractivity contribution in [1.29, 1.82) is 0 Å². The number of carboxylic acids is 1. The number of benzene rings is 2. The van der Waals surface area contributed by atoms with Gasteiger partial charge in [0.2, 0.25) is 0 Å². The molecule has 0 aromatic heterocycles. The van der Waals surface area contributed by atoms with Gasteiger partial charge in [0.1, 0.15) is 12.0 Å². The molecule has 0 unspecified atom stereocenters. The van der Waals surface area contributed by atoms with Crippen molar-refractivity contribution in [2.75, 3.05) is 0 Å². The number of rotatable bonds is 2. The summed E-state index contributed by atoms with van der Waals surface area (Å²) in [5, 5.41) is 29.3. The minimum Gasteiger partial charge on any atom is -0.504 e. The van der Waals surface area contributed by atoms with Gasteiger partial charge in [0.15, 0.2) is 11.5 Å². The number of aromatic hydroxyl groups is 2. The number of phenols is 2. The normalized spacial score (nSPS) is 19.5. The van der Waals surface area contributed by atoms with Gasteiger partial charge in [-0.3, -0.25) is 4.79 Å². The van der Waals surface area contributed by atoms with Crippen molar-refractivity contribution in [1.82, 2.24) is 0 Å². The predicted octanol–water partition coefficient (Wildman–Crippen LogP) is 3.48. The summed E-state index contributed by atoms with van der Waals surface area (Å²) in [6.45, 7) is 0. The molecule has 8 heteroatoms. The van der Waals surface area contributed by atoms with E-state index in [1.54, 1.807) is 0 Å². The number of cyclic esters (lactones) is 1. The lowest BCUT2D eigenvalue weighted by atomic mass is 9.84. The summed E-state index contributed by atoms with van der Waals surface area (Å²) in [5.74, 6) is -4.48. The molecule has 3 N–H and O–H groups in total. The third kappa shape index (κ3) is 2.64. The van der Waals surface area contributed by atoms with Gasteiger partial charge in [-0.15, -0.1) is 0 Å². The fourth-order valence-electron chi connectivity index (χ4n) is 2.67. The molecule has 0 saturated carbocycles. The van der Waals surface area contributed by atoms with Crippen LogP contribution in [0, 0.1) is 0 Å². The number of carboxylic acid groups (broad SMARTS) is 1. The molecule has 0 saturated heterocycles. The van der Waals surface area contributed by atoms with Crippen LogP contribution in [0.3, 0.4) is 0 Å². The first-order valence-corrected chi connectivity index (χ1v) is 7.49. The van der Waals surface area contributed by atoms with Crippen LogP contribution in [0.4, 0.5) is 0 Å². The van der Waals surface area contributed by atoms with Gasteiger partial charge in [-0.05, 0) is 29.8 Å². The zero-order chi connectivity index (χ0) is 17.6. The van der Waals surface area contributed by atoms with Gasteiger partial charge >= 0.3 is 11.9 Å². The molecule has 1 aliphatic rings. The summed E-state index contributed by atoms with van der Waals surface area (Å²) in [6, 6.07) is 6.40. The molecule has 24 heavy (non-hydrogen) atoms. The molecule has 3 rings (SSSR count). The van der Waals surface area contributed by atoms with Gasteiger partial charge in [-0.25, -0.2) is 4.79 Å². The first kappa shape index (κ1) is 16.4. The number of fused-ring (bicyclic) bond motifs is 1. The van der Waals surface area contributed by atoms with Crippen molar-refractivity contribution < 1.29 is 29.6 Å². The van der Waals surface area contributed by atoms with Crippen LogP contribution < -0.4 is 0 Å². The minimum absolute atomic E-state index is 0.0325. The van der Waals surface area contributed by atoms with Crippen molar-refractivity contribution >= 4 is 35.1 Å². The average Bonchev–Trinajstić information content (AvgIpc) is 2.48. The van der Waals surface area contributed by atoms with Crippen LogP contribution >= 0.6 is 23.2 Å². The molecule has 0 spiro atoms. The third-order valence-corrected chi connectivity index (χ3v) is 4.34. The van der Waals surface area contributed by atoms with Gasteiger partial charge in [-0.2, -0.15) is 0 Å². The number of ether oxygens (including phenoxy) is 1. The molecular weight excluding hydrogens is 359 g/mol. The highest BCUT2D eigenvalue weighted by molar-refractivity contribution is 6.35. The van der Waals surface area contributed by atoms with E-state index in [-0.39, 0.29) is 21.7 Å². The number of hydrogen-bond acceptors (Lipinski definition) is 5. The Morgan fingerprint density at radius 3 is 2.33 bits per heavy atom. The quantitative estimate of drug-likeness (QED) is 0.553. The molecule has 0 bridgehead atoms. The van der Waals surface area contributed by atoms with E-state index < -0.39 is 35.5 Å². The predicted molar refractivity (Wildman–Crippen MR) is 84.8 cm³/mol. The summed E-state index contributed by atoms with van der Waals surface area (Å²) < 4.78 is 5.25. The maximum absolute atomic E-state index is 12.2. The summed E-state index contributed by atoms with van der Waals surface area (Å²) in [6.07, 6.45) is -1.20. The van der Waals surface area contributed by atoms with Gasteiger partial charge in [-0.1, -0.05) is 29.3 Å². The molecule has 0 fully saturated rings. The van der Waals surface area contributed by atoms with Crippen LogP contribution in [-0.2, 0) is 9.53 Å². The van der Waals surface area contributed by atoms with Crippen molar-refractivity contribution in [3.05, 3.63) is 57.1 Å². The highest BCUT2D eigenvalue weighted by Crippen LogP contribution is 2.45. The smallest absolute Gasteiger partial charge is 0.339 e. The standard InChI is InChI=1S/C16H10Cl2O6/c17-6-1-2-7(10(18)3-6)14-13(15(21)22)8-4-11(19)12(20)5-9(8)16(23)24-14/h1-5,13-14,19-20H,(H,21,22)/t13-,14+/m0/s1. The topological polar surface area (TPSA) is 104 Å². The Bertz CT molecular complexity index is 864. The number of hydrogen-bond donors (Lipinski definition) is 3. The Morgan fingerprint density at radius 2 is 1.71 bits per heavy atom. The Labute approximate surface area is 145 Å². The van der Waals surface area contributed by atoms with E-state index in [1.165, 1.54) is 18.2 Å². The molecule has 2 atom stereocenters. The summed E-state index contributed by atoms with van der Waals surface area (Å²) >= 11 is 11.9. The maximum Gasteiger partial charge on any atom is 0.339 e. The Kier molecular flexibility index (Phi) is 4.03. The highest BCUT2D eigenvalue weighted by Gasteiger charge is 2.42.